The van der Waals surface area contributed by atoms with Crippen molar-refractivity contribution < 1.29 is 29.1 Å². The minimum Gasteiger partial charge on any atom is -0.464 e. The number of fused-ring (bicyclic) bond motifs is 2. The summed E-state index contributed by atoms with van der Waals surface area (Å²) in [6, 6.07) is 18.1. The van der Waals surface area contributed by atoms with Crippen LogP contribution in [0.25, 0.3) is 27.5 Å². The van der Waals surface area contributed by atoms with Crippen LogP contribution in [-0.4, -0.2) is 73.3 Å². The van der Waals surface area contributed by atoms with Gasteiger partial charge >= 0.3 is 19.1 Å². The molecule has 218 valence electrons. The zero-order chi connectivity index (χ0) is 30.9. The molecule has 0 aliphatic heterocycles. The number of pyridine rings is 2. The summed E-state index contributed by atoms with van der Waals surface area (Å²) in [6.07, 6.45) is 6.48. The smallest absolute Gasteiger partial charge is 0.464 e. The lowest BCUT2D eigenvalue weighted by atomic mass is 9.81. The number of aromatic amines is 1. The van der Waals surface area contributed by atoms with Crippen LogP contribution >= 0.6 is 31.9 Å². The molecule has 0 spiro atoms. The van der Waals surface area contributed by atoms with Crippen molar-refractivity contribution in [3.05, 3.63) is 106 Å². The van der Waals surface area contributed by atoms with Gasteiger partial charge in [0.15, 0.2) is 11.4 Å². The minimum atomic E-state index is -1.38. The first kappa shape index (κ1) is 31.5. The van der Waals surface area contributed by atoms with E-state index in [9.17, 15) is 9.59 Å². The number of nitrogens with zero attached hydrogens (tertiary/aromatic N) is 5. The Kier molecular flexibility index (Phi) is 10.7. The fourth-order valence-corrected chi connectivity index (χ4v) is 4.59. The van der Waals surface area contributed by atoms with E-state index < -0.39 is 19.1 Å². The molecule has 43 heavy (non-hydrogen) atoms. The topological polar surface area (TPSA) is 165 Å². The third-order valence-corrected chi connectivity index (χ3v) is 6.79. The largest absolute Gasteiger partial charge is 0.488 e. The standard InChI is InChI=1S/C14H10BrN3O2.C8H7N3O2.C6H6BBrO2/c1-20-14(19)13-11-8-16-6-5-12(11)18(17-13)10-4-2-3-9(15)7-10;1-13-8(12)7-5-4-9-3-2-6(5)10-11-7;8-6-3-1-2-5(4-6)7(9)10/h2-8H,1H3;2-4H,1H3,(H,10,11);1-4,9-10H. The maximum atomic E-state index is 11.8. The van der Waals surface area contributed by atoms with E-state index in [4.69, 9.17) is 14.8 Å². The number of hydrogen-bond acceptors (Lipinski definition) is 10. The fourth-order valence-electron chi connectivity index (χ4n) is 3.79. The van der Waals surface area contributed by atoms with Gasteiger partial charge in [-0.2, -0.15) is 10.2 Å². The van der Waals surface area contributed by atoms with Crippen LogP contribution in [0.15, 0.2) is 94.4 Å². The number of nitrogens with one attached hydrogen (secondary N) is 1. The monoisotopic (exact) mass is 708 g/mol. The number of aromatic nitrogens is 6. The van der Waals surface area contributed by atoms with Crippen LogP contribution in [0, 0.1) is 0 Å². The van der Waals surface area contributed by atoms with Gasteiger partial charge in [-0.3, -0.25) is 15.1 Å². The van der Waals surface area contributed by atoms with Gasteiger partial charge in [0, 0.05) is 33.7 Å². The van der Waals surface area contributed by atoms with Crippen molar-refractivity contribution >= 4 is 78.2 Å². The van der Waals surface area contributed by atoms with Gasteiger partial charge in [-0.25, -0.2) is 14.3 Å². The highest BCUT2D eigenvalue weighted by Crippen LogP contribution is 2.23. The Morgan fingerprint density at radius 2 is 1.47 bits per heavy atom. The van der Waals surface area contributed by atoms with Crippen molar-refractivity contribution in [3.63, 3.8) is 0 Å². The van der Waals surface area contributed by atoms with Gasteiger partial charge in [0.05, 0.1) is 41.7 Å². The highest BCUT2D eigenvalue weighted by atomic mass is 79.9. The third kappa shape index (κ3) is 7.70. The Balaban J connectivity index is 0.000000159. The molecule has 12 nitrogen and oxygen atoms in total. The Morgan fingerprint density at radius 3 is 2.09 bits per heavy atom. The number of carbonyl (C=O) groups excluding carboxylic acids is 2. The first-order chi connectivity index (χ1) is 20.7. The number of halogens is 2. The van der Waals surface area contributed by atoms with Gasteiger partial charge in [0.1, 0.15) is 0 Å². The molecule has 0 saturated heterocycles. The quantitative estimate of drug-likeness (QED) is 0.181. The summed E-state index contributed by atoms with van der Waals surface area (Å²) in [7, 11) is 1.28. The number of carbonyl (C=O) groups is 2. The summed E-state index contributed by atoms with van der Waals surface area (Å²) in [5.74, 6) is -0.934. The normalized spacial score (nSPS) is 10.3. The number of H-pyrrole nitrogens is 1. The molecule has 15 heteroatoms. The van der Waals surface area contributed by atoms with Crippen LogP contribution in [0.3, 0.4) is 0 Å². The molecule has 0 aliphatic carbocycles. The summed E-state index contributed by atoms with van der Waals surface area (Å²) in [5.41, 5.74) is 3.45. The van der Waals surface area contributed by atoms with Crippen molar-refractivity contribution in [3.8, 4) is 5.69 Å². The molecule has 0 fully saturated rings. The van der Waals surface area contributed by atoms with E-state index in [1.165, 1.54) is 14.2 Å². The molecule has 0 radical (unpaired) electrons. The Hall–Kier alpha value is -4.44. The molecule has 6 aromatic rings. The van der Waals surface area contributed by atoms with E-state index in [2.05, 4.69) is 61.9 Å². The second-order valence-corrected chi connectivity index (χ2v) is 10.4. The number of hydrogen-bond donors (Lipinski definition) is 3. The van der Waals surface area contributed by atoms with Crippen LogP contribution in [0.4, 0.5) is 0 Å². The van der Waals surface area contributed by atoms with Crippen molar-refractivity contribution in [1.82, 2.24) is 29.9 Å². The van der Waals surface area contributed by atoms with Gasteiger partial charge in [-0.05, 0) is 47.9 Å². The van der Waals surface area contributed by atoms with E-state index >= 15 is 0 Å². The Bertz CT molecular complexity index is 1880. The van der Waals surface area contributed by atoms with Crippen molar-refractivity contribution in [2.24, 2.45) is 0 Å². The fraction of sp³-hybridized carbons (Fsp3) is 0.0714. The molecule has 0 aliphatic rings. The zero-order valence-corrected chi connectivity index (χ0v) is 25.9. The predicted octanol–water partition coefficient (Wildman–Crippen LogP) is 3.84. The van der Waals surface area contributed by atoms with Gasteiger partial charge in [-0.1, -0.05) is 50.1 Å². The summed E-state index contributed by atoms with van der Waals surface area (Å²) < 4.78 is 12.8. The van der Waals surface area contributed by atoms with Gasteiger partial charge in [0.25, 0.3) is 0 Å². The van der Waals surface area contributed by atoms with Crippen LogP contribution in [0.5, 0.6) is 0 Å². The lowest BCUT2D eigenvalue weighted by Gasteiger charge is -2.03. The molecule has 0 amide bonds. The highest BCUT2D eigenvalue weighted by Gasteiger charge is 2.18. The molecule has 4 heterocycles. The van der Waals surface area contributed by atoms with Crippen LogP contribution in [0.1, 0.15) is 21.0 Å². The minimum absolute atomic E-state index is 0.260. The van der Waals surface area contributed by atoms with E-state index in [0.717, 1.165) is 25.7 Å². The van der Waals surface area contributed by atoms with Crippen LogP contribution in [0.2, 0.25) is 0 Å². The third-order valence-electron chi connectivity index (χ3n) is 5.80. The maximum absolute atomic E-state index is 11.8. The number of esters is 2. The SMILES string of the molecule is COC(=O)c1n[nH]c2ccncc12.COC(=O)c1nn(-c2cccc(Br)c2)c2ccncc12.OB(O)c1cccc(Br)c1. The number of benzene rings is 2. The molecule has 0 saturated carbocycles. The lowest BCUT2D eigenvalue weighted by Crippen LogP contribution is -2.29. The summed E-state index contributed by atoms with van der Waals surface area (Å²) in [5, 5.41) is 29.6. The first-order valence-corrected chi connectivity index (χ1v) is 14.0. The summed E-state index contributed by atoms with van der Waals surface area (Å²) in [6.45, 7) is 0. The molecule has 0 bridgehead atoms. The van der Waals surface area contributed by atoms with Crippen molar-refractivity contribution in [1.29, 1.82) is 0 Å². The maximum Gasteiger partial charge on any atom is 0.488 e. The summed E-state index contributed by atoms with van der Waals surface area (Å²) >= 11 is 6.64. The average molecular weight is 710 g/mol. The molecular formula is C28H23BBr2N6O6. The van der Waals surface area contributed by atoms with Gasteiger partial charge in [-0.15, -0.1) is 0 Å². The number of ether oxygens (including phenoxy) is 2. The van der Waals surface area contributed by atoms with Crippen molar-refractivity contribution in [2.75, 3.05) is 14.2 Å². The molecular weight excluding hydrogens is 687 g/mol. The second-order valence-electron chi connectivity index (χ2n) is 8.54. The highest BCUT2D eigenvalue weighted by molar-refractivity contribution is 9.10. The first-order valence-electron chi connectivity index (χ1n) is 12.4. The molecule has 6 rings (SSSR count). The Labute approximate surface area is 262 Å². The van der Waals surface area contributed by atoms with Crippen molar-refractivity contribution in [2.45, 2.75) is 0 Å². The molecule has 4 aromatic heterocycles. The number of rotatable bonds is 4. The Morgan fingerprint density at radius 1 is 0.837 bits per heavy atom. The molecule has 2 aromatic carbocycles. The average Bonchev–Trinajstić information content (AvgIpc) is 3.63. The summed E-state index contributed by atoms with van der Waals surface area (Å²) in [4.78, 5) is 30.9. The molecule has 0 unspecified atom stereocenters. The van der Waals surface area contributed by atoms with E-state index in [1.807, 2.05) is 36.4 Å². The molecule has 0 atom stereocenters. The van der Waals surface area contributed by atoms with Crippen LogP contribution < -0.4 is 5.46 Å². The van der Waals surface area contributed by atoms with E-state index in [1.54, 1.807) is 53.7 Å². The van der Waals surface area contributed by atoms with Crippen LogP contribution in [-0.2, 0) is 9.47 Å². The predicted molar refractivity (Wildman–Crippen MR) is 167 cm³/mol. The van der Waals surface area contributed by atoms with E-state index in [0.29, 0.717) is 16.2 Å². The second kappa shape index (κ2) is 14.6. The van der Waals surface area contributed by atoms with Gasteiger partial charge < -0.3 is 19.5 Å². The zero-order valence-electron chi connectivity index (χ0n) is 22.7. The number of methoxy groups -OCH3 is 2. The van der Waals surface area contributed by atoms with E-state index in [-0.39, 0.29) is 11.4 Å². The lowest BCUT2D eigenvalue weighted by molar-refractivity contribution is 0.0587. The van der Waals surface area contributed by atoms with Gasteiger partial charge in [0.2, 0.25) is 0 Å². The molecule has 3 N–H and O–H groups in total.